The molecule has 6 saturated carbocycles. The molecule has 0 aromatic carbocycles. The summed E-state index contributed by atoms with van der Waals surface area (Å²) in [5.74, 6) is 11.1. The van der Waals surface area contributed by atoms with Crippen molar-refractivity contribution < 1.29 is 98.1 Å². The van der Waals surface area contributed by atoms with E-state index in [2.05, 4.69) is 152 Å². The van der Waals surface area contributed by atoms with Crippen molar-refractivity contribution in [1.82, 2.24) is 0 Å². The van der Waals surface area contributed by atoms with Gasteiger partial charge in [-0.3, -0.25) is 0 Å². The number of rotatable bonds is 26. The van der Waals surface area contributed by atoms with Gasteiger partial charge in [-0.15, -0.1) is 0 Å². The molecule has 0 spiro atoms. The van der Waals surface area contributed by atoms with Gasteiger partial charge >= 0.3 is 0 Å². The van der Waals surface area contributed by atoms with E-state index in [0.29, 0.717) is 16.2 Å². The zero-order valence-corrected chi connectivity index (χ0v) is 67.4. The van der Waals surface area contributed by atoms with Crippen LogP contribution in [0, 0.1) is 69.5 Å². The summed E-state index contributed by atoms with van der Waals surface area (Å²) >= 11 is 0. The molecule has 3 radical (unpaired) electrons. The van der Waals surface area contributed by atoms with Crippen molar-refractivity contribution in [2.24, 2.45) is 51.8 Å². The second kappa shape index (κ2) is 57.2. The zero-order valence-electron chi connectivity index (χ0n) is 58.9. The Morgan fingerprint density at radius 1 is 0.354 bits per heavy atom. The fourth-order valence-corrected chi connectivity index (χ4v) is 15.0. The van der Waals surface area contributed by atoms with Gasteiger partial charge in [0.25, 0.3) is 0 Å². The Kier molecular flexibility index (Phi) is 61.7. The first-order valence-electron chi connectivity index (χ1n) is 36.0. The van der Waals surface area contributed by atoms with Crippen LogP contribution in [0.25, 0.3) is 0 Å². The van der Waals surface area contributed by atoms with E-state index in [4.69, 9.17) is 0 Å². The molecule has 0 aromatic rings. The van der Waals surface area contributed by atoms with Gasteiger partial charge in [-0.1, -0.05) is 291 Å². The van der Waals surface area contributed by atoms with Gasteiger partial charge in [-0.2, -0.15) is 57.8 Å². The van der Waals surface area contributed by atoms with Crippen LogP contribution in [0.4, 0.5) is 0 Å². The average Bonchev–Trinajstić information content (AvgIpc) is 4.03. The van der Waals surface area contributed by atoms with E-state index in [1.807, 2.05) is 0 Å². The van der Waals surface area contributed by atoms with E-state index in [1.165, 1.54) is 283 Å². The van der Waals surface area contributed by atoms with Crippen LogP contribution in [0.1, 0.15) is 386 Å². The van der Waals surface area contributed by atoms with Crippen molar-refractivity contribution in [2.45, 2.75) is 386 Å². The third kappa shape index (κ3) is 41.6. The van der Waals surface area contributed by atoms with Crippen molar-refractivity contribution >= 4 is 0 Å². The molecule has 82 heavy (non-hydrogen) atoms. The molecule has 0 bridgehead atoms. The Bertz CT molecular complexity index is 1480. The molecule has 6 rings (SSSR count). The molecular formula is C79H147Y3-3. The minimum Gasteiger partial charge on any atom is -0.314 e. The molecule has 9 unspecified atom stereocenters. The first-order valence-corrected chi connectivity index (χ1v) is 36.0. The standard InChI is InChI=1S/C14H28.C14H26.C13H24.C13H25.C13H23.C12H21.3Y/c2*1-4-5-6-8-11-14(3)12-9-7-10-13(14)2;1-4-5-6-7-10-13(3)11-8-9-12(13)2;2*1-3-4-5-6-10-13-11-8-7-9-12(13)2;1-3-4-5-6-9-12-10-7-8-11(12)2;;;/h13H,4-12H2,1-3H3;4-5,13H,6-12H2,1-3H3;4-5,12H,6-11H2,1-3H3;13H,3-11H2,1-2H3;3-4,13H,5-11H2,1-2H3;4-5,12H,3,6-10H2,1-2H3;;;/q;;;3*-1;;;/b;2*5-4+;;4-3+;5-4+;;;. The van der Waals surface area contributed by atoms with Crippen LogP contribution in [0.5, 0.6) is 0 Å². The maximum absolute atomic E-state index is 2.53. The third-order valence-corrected chi connectivity index (χ3v) is 22.1. The van der Waals surface area contributed by atoms with Gasteiger partial charge in [0, 0.05) is 98.1 Å². The van der Waals surface area contributed by atoms with Crippen molar-refractivity contribution in [3.8, 4) is 0 Å². The molecule has 0 aromatic heterocycles. The van der Waals surface area contributed by atoms with E-state index in [-0.39, 0.29) is 98.1 Å². The van der Waals surface area contributed by atoms with Crippen LogP contribution < -0.4 is 0 Å². The SMILES string of the molecule is C/C=C/CCCC1(C)CCCC1C.C/C=C/CCCC1(C)CCCCC1C.C/C=C/CCCC1CCCC[C-]1C.CC/C=C/CCC1CCC[C-]1C.CCCCCCC1(C)CCCCC1C.CCCCCCC1CCCC[C-]1C.[Y].[Y].[Y]. The van der Waals surface area contributed by atoms with Crippen molar-refractivity contribution in [3.05, 3.63) is 66.4 Å². The van der Waals surface area contributed by atoms with E-state index in [9.17, 15) is 0 Å². The van der Waals surface area contributed by atoms with E-state index in [1.54, 1.807) is 17.8 Å². The number of hydrogen-bond donors (Lipinski definition) is 0. The molecule has 0 saturated heterocycles. The summed E-state index contributed by atoms with van der Waals surface area (Å²) in [5, 5.41) is 0. The number of hydrogen-bond acceptors (Lipinski definition) is 0. The normalized spacial score (nSPS) is 28.7. The van der Waals surface area contributed by atoms with Gasteiger partial charge in [0.05, 0.1) is 0 Å². The molecule has 6 aliphatic rings. The predicted molar refractivity (Wildman–Crippen MR) is 363 cm³/mol. The van der Waals surface area contributed by atoms with Crippen LogP contribution >= 0.6 is 0 Å². The molecular weight excluding hydrogens is 1220 g/mol. The summed E-state index contributed by atoms with van der Waals surface area (Å²) in [6, 6.07) is 0. The summed E-state index contributed by atoms with van der Waals surface area (Å²) in [6.07, 6.45) is 80.6. The fraction of sp³-hybridized carbons (Fsp3) is 0.861. The minimum atomic E-state index is 0. The largest absolute Gasteiger partial charge is 0.314 e. The topological polar surface area (TPSA) is 0 Å². The maximum Gasteiger partial charge on any atom is 0 e. The van der Waals surface area contributed by atoms with Crippen LogP contribution in [-0.2, 0) is 98.1 Å². The van der Waals surface area contributed by atoms with Gasteiger partial charge in [-0.25, -0.2) is 0 Å². The molecule has 0 aliphatic heterocycles. The third-order valence-electron chi connectivity index (χ3n) is 22.1. The van der Waals surface area contributed by atoms with E-state index in [0.717, 1.165) is 35.5 Å². The molecule has 0 nitrogen and oxygen atoms in total. The maximum atomic E-state index is 2.53. The molecule has 0 amide bonds. The molecule has 0 N–H and O–H groups in total. The number of allylic oxidation sites excluding steroid dienone is 8. The van der Waals surface area contributed by atoms with Crippen LogP contribution in [-0.4, -0.2) is 0 Å². The smallest absolute Gasteiger partial charge is 0 e. The monoisotopic (exact) mass is 1360 g/mol. The Morgan fingerprint density at radius 2 is 0.720 bits per heavy atom. The van der Waals surface area contributed by atoms with Crippen molar-refractivity contribution in [2.75, 3.05) is 0 Å². The van der Waals surface area contributed by atoms with Gasteiger partial charge in [0.15, 0.2) is 0 Å². The Balaban J connectivity index is -0.000000907. The van der Waals surface area contributed by atoms with Crippen molar-refractivity contribution in [1.29, 1.82) is 0 Å². The van der Waals surface area contributed by atoms with Crippen LogP contribution in [0.15, 0.2) is 48.6 Å². The molecule has 9 atom stereocenters. The fourth-order valence-electron chi connectivity index (χ4n) is 15.0. The molecule has 6 aliphatic carbocycles. The van der Waals surface area contributed by atoms with Crippen LogP contribution in [0.3, 0.4) is 0 Å². The Hall–Kier alpha value is 2.27. The summed E-state index contributed by atoms with van der Waals surface area (Å²) in [5.41, 5.74) is 2.01. The summed E-state index contributed by atoms with van der Waals surface area (Å²) < 4.78 is 0. The summed E-state index contributed by atoms with van der Waals surface area (Å²) in [4.78, 5) is 0. The zero-order chi connectivity index (χ0) is 58.5. The van der Waals surface area contributed by atoms with Crippen LogP contribution in [0.2, 0.25) is 0 Å². The number of unbranched alkanes of at least 4 members (excludes halogenated alkanes) is 9. The molecule has 0 heterocycles. The van der Waals surface area contributed by atoms with Gasteiger partial charge in [0.2, 0.25) is 0 Å². The average molecular weight is 1360 g/mol. The minimum absolute atomic E-state index is 0. The first kappa shape index (κ1) is 88.5. The van der Waals surface area contributed by atoms with Gasteiger partial charge in [0.1, 0.15) is 0 Å². The summed E-state index contributed by atoms with van der Waals surface area (Å²) in [6.45, 7) is 35.1. The van der Waals surface area contributed by atoms with Gasteiger partial charge < -0.3 is 17.8 Å². The second-order valence-corrected chi connectivity index (χ2v) is 28.6. The second-order valence-electron chi connectivity index (χ2n) is 28.6. The molecule has 3 heteroatoms. The van der Waals surface area contributed by atoms with E-state index < -0.39 is 0 Å². The van der Waals surface area contributed by atoms with Gasteiger partial charge in [-0.05, 0) is 138 Å². The predicted octanol–water partition coefficient (Wildman–Crippen LogP) is 28.1. The molecule has 475 valence electrons. The molecule has 6 fully saturated rings. The van der Waals surface area contributed by atoms with Crippen molar-refractivity contribution in [3.63, 3.8) is 0 Å². The Labute approximate surface area is 596 Å². The first-order chi connectivity index (χ1) is 38.1. The Morgan fingerprint density at radius 3 is 1.10 bits per heavy atom. The quantitative estimate of drug-likeness (QED) is 0.0460. The van der Waals surface area contributed by atoms with E-state index >= 15 is 0 Å². The summed E-state index contributed by atoms with van der Waals surface area (Å²) in [7, 11) is 0.